The molecule has 20 heavy (non-hydrogen) atoms. The molecule has 2 atom stereocenters. The molecule has 1 heterocycles. The quantitative estimate of drug-likeness (QED) is 0.799. The number of hydrogen-bond donors (Lipinski definition) is 2. The first-order chi connectivity index (χ1) is 9.12. The molecule has 0 saturated heterocycles. The van der Waals surface area contributed by atoms with E-state index in [0.29, 0.717) is 12.0 Å². The zero-order chi connectivity index (χ0) is 15.5. The Hall–Kier alpha value is -0.450. The Morgan fingerprint density at radius 2 is 1.85 bits per heavy atom. The summed E-state index contributed by atoms with van der Waals surface area (Å²) in [6.45, 7) is 15.8. The van der Waals surface area contributed by atoms with Gasteiger partial charge in [-0.05, 0) is 32.6 Å². The van der Waals surface area contributed by atoms with Crippen LogP contribution in [-0.4, -0.2) is 22.7 Å². The van der Waals surface area contributed by atoms with Crippen LogP contribution in [-0.2, 0) is 0 Å². The lowest BCUT2D eigenvalue weighted by atomic mass is 9.87. The van der Waals surface area contributed by atoms with Crippen molar-refractivity contribution in [3.63, 3.8) is 0 Å². The van der Waals surface area contributed by atoms with Gasteiger partial charge in [0.05, 0.1) is 16.8 Å². The summed E-state index contributed by atoms with van der Waals surface area (Å²) in [5.41, 5.74) is 1.24. The number of rotatable bonds is 7. The second kappa shape index (κ2) is 7.01. The minimum atomic E-state index is -0.250. The minimum absolute atomic E-state index is 0.0991. The van der Waals surface area contributed by atoms with Crippen LogP contribution in [0.25, 0.3) is 0 Å². The maximum atomic E-state index is 9.54. The van der Waals surface area contributed by atoms with E-state index in [0.717, 1.165) is 18.7 Å². The van der Waals surface area contributed by atoms with E-state index < -0.39 is 0 Å². The molecule has 0 aliphatic heterocycles. The van der Waals surface area contributed by atoms with Crippen LogP contribution in [0.15, 0.2) is 0 Å². The van der Waals surface area contributed by atoms with Crippen LogP contribution in [0, 0.1) is 12.3 Å². The second-order valence-corrected chi connectivity index (χ2v) is 8.04. The molecule has 0 bridgehead atoms. The molecule has 0 amide bonds. The Labute approximate surface area is 127 Å². The lowest BCUT2D eigenvalue weighted by Gasteiger charge is -2.28. The molecule has 3 nitrogen and oxygen atoms in total. The van der Waals surface area contributed by atoms with Crippen LogP contribution < -0.4 is 5.32 Å². The third kappa shape index (κ3) is 5.15. The molecule has 0 saturated carbocycles. The fourth-order valence-electron chi connectivity index (χ4n) is 2.47. The van der Waals surface area contributed by atoms with Gasteiger partial charge in [-0.1, -0.05) is 27.7 Å². The van der Waals surface area contributed by atoms with Crippen LogP contribution in [0.5, 0.6) is 0 Å². The van der Waals surface area contributed by atoms with Gasteiger partial charge in [-0.3, -0.25) is 0 Å². The second-order valence-electron chi connectivity index (χ2n) is 6.98. The van der Waals surface area contributed by atoms with Crippen molar-refractivity contribution in [1.82, 2.24) is 10.3 Å². The van der Waals surface area contributed by atoms with Crippen molar-refractivity contribution in [2.24, 2.45) is 5.41 Å². The van der Waals surface area contributed by atoms with Gasteiger partial charge in [0.15, 0.2) is 0 Å². The van der Waals surface area contributed by atoms with E-state index >= 15 is 0 Å². The highest BCUT2D eigenvalue weighted by Gasteiger charge is 2.22. The molecule has 4 heteroatoms. The summed E-state index contributed by atoms with van der Waals surface area (Å²) in [5.74, 6) is 0.492. The molecule has 0 radical (unpaired) electrons. The van der Waals surface area contributed by atoms with Crippen molar-refractivity contribution < 1.29 is 5.11 Å². The predicted octanol–water partition coefficient (Wildman–Crippen LogP) is 4.02. The molecule has 0 aliphatic carbocycles. The molecular weight excluding hydrogens is 268 g/mol. The molecule has 2 N–H and O–H groups in total. The fourth-order valence-corrected chi connectivity index (χ4v) is 3.57. The van der Waals surface area contributed by atoms with Crippen molar-refractivity contribution in [2.45, 2.75) is 73.0 Å². The molecule has 0 aromatic carbocycles. The molecule has 0 fully saturated rings. The zero-order valence-electron chi connectivity index (χ0n) is 13.9. The Bertz CT molecular complexity index is 424. The minimum Gasteiger partial charge on any atom is -0.393 e. The van der Waals surface area contributed by atoms with Crippen molar-refractivity contribution in [3.8, 4) is 0 Å². The van der Waals surface area contributed by atoms with Crippen molar-refractivity contribution in [1.29, 1.82) is 0 Å². The number of nitrogens with zero attached hydrogens (tertiary/aromatic N) is 1. The van der Waals surface area contributed by atoms with Crippen LogP contribution in [0.1, 0.15) is 75.5 Å². The van der Waals surface area contributed by atoms with E-state index in [-0.39, 0.29) is 11.5 Å². The average Bonchev–Trinajstić information content (AvgIpc) is 2.67. The summed E-state index contributed by atoms with van der Waals surface area (Å²) in [7, 11) is 0. The van der Waals surface area contributed by atoms with Crippen LogP contribution in [0.2, 0.25) is 0 Å². The third-order valence-electron chi connectivity index (χ3n) is 3.47. The van der Waals surface area contributed by atoms with Gasteiger partial charge in [0.25, 0.3) is 0 Å². The van der Waals surface area contributed by atoms with Gasteiger partial charge >= 0.3 is 0 Å². The first kappa shape index (κ1) is 17.6. The summed E-state index contributed by atoms with van der Waals surface area (Å²) in [5, 5.41) is 14.4. The Morgan fingerprint density at radius 3 is 2.30 bits per heavy atom. The van der Waals surface area contributed by atoms with E-state index in [4.69, 9.17) is 0 Å². The Balaban J connectivity index is 2.65. The number of aliphatic hydroxyl groups excluding tert-OH is 1. The highest BCUT2D eigenvalue weighted by molar-refractivity contribution is 7.11. The molecule has 2 unspecified atom stereocenters. The molecular formula is C16H30N2OS. The SMILES string of the molecule is Cc1nc(C(C)C)sc1C(C)NCC(C)(C)CC(C)O. The maximum Gasteiger partial charge on any atom is 0.0956 e. The number of nitrogens with one attached hydrogen (secondary N) is 1. The van der Waals surface area contributed by atoms with Crippen molar-refractivity contribution >= 4 is 11.3 Å². The highest BCUT2D eigenvalue weighted by Crippen LogP contribution is 2.30. The lowest BCUT2D eigenvalue weighted by molar-refractivity contribution is 0.127. The maximum absolute atomic E-state index is 9.54. The van der Waals surface area contributed by atoms with E-state index in [1.807, 2.05) is 18.3 Å². The first-order valence-corrected chi connectivity index (χ1v) is 8.32. The van der Waals surface area contributed by atoms with E-state index in [1.54, 1.807) is 0 Å². The van der Waals surface area contributed by atoms with Gasteiger partial charge in [-0.25, -0.2) is 4.98 Å². The Kier molecular flexibility index (Phi) is 6.17. The fraction of sp³-hybridized carbons (Fsp3) is 0.812. The zero-order valence-corrected chi connectivity index (χ0v) is 14.8. The summed E-state index contributed by atoms with van der Waals surface area (Å²) >= 11 is 1.82. The molecule has 116 valence electrons. The normalized spacial score (nSPS) is 15.7. The average molecular weight is 298 g/mol. The van der Waals surface area contributed by atoms with E-state index in [1.165, 1.54) is 9.88 Å². The van der Waals surface area contributed by atoms with Gasteiger partial charge in [0.2, 0.25) is 0 Å². The molecule has 1 aromatic heterocycles. The predicted molar refractivity (Wildman–Crippen MR) is 87.4 cm³/mol. The first-order valence-electron chi connectivity index (χ1n) is 7.51. The van der Waals surface area contributed by atoms with Crippen molar-refractivity contribution in [2.75, 3.05) is 6.54 Å². The van der Waals surface area contributed by atoms with E-state index in [2.05, 4.69) is 51.8 Å². The molecule has 1 aromatic rings. The van der Waals surface area contributed by atoms with Crippen molar-refractivity contribution in [3.05, 3.63) is 15.6 Å². The van der Waals surface area contributed by atoms with Gasteiger partial charge in [0, 0.05) is 23.4 Å². The lowest BCUT2D eigenvalue weighted by Crippen LogP contribution is -2.33. The standard InChI is InChI=1S/C16H30N2OS/c1-10(2)15-18-13(5)14(20-15)12(4)17-9-16(6,7)8-11(3)19/h10-12,17,19H,8-9H2,1-7H3. The monoisotopic (exact) mass is 298 g/mol. The van der Waals surface area contributed by atoms with Crippen LogP contribution in [0.4, 0.5) is 0 Å². The van der Waals surface area contributed by atoms with Gasteiger partial charge < -0.3 is 10.4 Å². The number of hydrogen-bond acceptors (Lipinski definition) is 4. The summed E-state index contributed by atoms with van der Waals surface area (Å²) < 4.78 is 0. The van der Waals surface area contributed by atoms with Gasteiger partial charge in [-0.2, -0.15) is 0 Å². The largest absolute Gasteiger partial charge is 0.393 e. The molecule has 1 rings (SSSR count). The summed E-state index contributed by atoms with van der Waals surface area (Å²) in [6.07, 6.45) is 0.561. The number of thiazole rings is 1. The molecule has 0 aliphatic rings. The van der Waals surface area contributed by atoms with E-state index in [9.17, 15) is 5.11 Å². The van der Waals surface area contributed by atoms with Gasteiger partial charge in [-0.15, -0.1) is 11.3 Å². The Morgan fingerprint density at radius 1 is 1.25 bits per heavy atom. The van der Waals surface area contributed by atoms with Crippen LogP contribution in [0.3, 0.4) is 0 Å². The van der Waals surface area contributed by atoms with Gasteiger partial charge in [0.1, 0.15) is 0 Å². The number of aryl methyl sites for hydroxylation is 1. The highest BCUT2D eigenvalue weighted by atomic mass is 32.1. The number of aromatic nitrogens is 1. The third-order valence-corrected chi connectivity index (χ3v) is 5.11. The number of aliphatic hydroxyl groups is 1. The summed E-state index contributed by atoms with van der Waals surface area (Å²) in [4.78, 5) is 6.00. The summed E-state index contributed by atoms with van der Waals surface area (Å²) in [6, 6.07) is 0.313. The smallest absolute Gasteiger partial charge is 0.0956 e. The van der Waals surface area contributed by atoms with Crippen LogP contribution >= 0.6 is 11.3 Å². The molecule has 0 spiro atoms. The topological polar surface area (TPSA) is 45.2 Å².